The standard InChI is InChI=1S/C29H26ClN5O2S2.C15H11N3O2/c1-3-12-35(2)27-24(15-31)26(19-6-10-23(11-7-19)37-14-13-36)25(16-32)29(34-27)39-18-22-17-38-28(33-22)20-4-8-21(30)9-5-20;16-7-12-9-18-10-13(8-17)15(12)11-1-3-14(4-2-11)20-6-5-19/h4-11,17,36H,3,12-14,18H2,1-2H3;1-4,9-10,19H,5-6H2. The maximum Gasteiger partial charge on any atom is 0.148 e. The third-order valence-corrected chi connectivity index (χ3v) is 10.7. The van der Waals surface area contributed by atoms with Crippen molar-refractivity contribution in [3.63, 3.8) is 0 Å². The van der Waals surface area contributed by atoms with Crippen molar-refractivity contribution in [3.05, 3.63) is 124 Å². The van der Waals surface area contributed by atoms with Gasteiger partial charge in [0, 0.05) is 58.8 Å². The van der Waals surface area contributed by atoms with E-state index in [0.717, 1.165) is 28.2 Å². The minimum atomic E-state index is -0.0862. The number of benzene rings is 3. The Morgan fingerprint density at radius 3 is 1.78 bits per heavy atom. The fourth-order valence-corrected chi connectivity index (χ4v) is 7.75. The minimum absolute atomic E-state index is 0.0523. The molecule has 0 amide bonds. The Labute approximate surface area is 355 Å². The van der Waals surface area contributed by atoms with E-state index in [9.17, 15) is 10.5 Å². The topological polar surface area (TPSA) is 196 Å². The van der Waals surface area contributed by atoms with Gasteiger partial charge in [-0.3, -0.25) is 4.98 Å². The normalized spacial score (nSPS) is 10.3. The van der Waals surface area contributed by atoms with Crippen LogP contribution in [0.5, 0.6) is 11.5 Å². The van der Waals surface area contributed by atoms with Crippen molar-refractivity contribution in [1.29, 1.82) is 21.0 Å². The molecular formula is C44H37ClN8O4S2. The summed E-state index contributed by atoms with van der Waals surface area (Å²) in [6.45, 7) is 3.04. The van der Waals surface area contributed by atoms with E-state index in [1.165, 1.54) is 24.2 Å². The number of rotatable bonds is 15. The van der Waals surface area contributed by atoms with Gasteiger partial charge >= 0.3 is 0 Å². The average Bonchev–Trinajstić information content (AvgIpc) is 3.76. The van der Waals surface area contributed by atoms with Gasteiger partial charge in [-0.25, -0.2) is 9.97 Å². The average molecular weight is 841 g/mol. The fraction of sp³-hybridized carbons (Fsp3) is 0.205. The molecule has 6 aromatic rings. The first kappa shape index (κ1) is 43.6. The number of thiazole rings is 1. The van der Waals surface area contributed by atoms with Crippen LogP contribution in [0.25, 0.3) is 32.8 Å². The summed E-state index contributed by atoms with van der Waals surface area (Å²) in [4.78, 5) is 15.4. The van der Waals surface area contributed by atoms with E-state index < -0.39 is 0 Å². The van der Waals surface area contributed by atoms with Crippen LogP contribution in [0.3, 0.4) is 0 Å². The van der Waals surface area contributed by atoms with Crippen LogP contribution in [-0.4, -0.2) is 65.2 Å². The summed E-state index contributed by atoms with van der Waals surface area (Å²) < 4.78 is 10.8. The van der Waals surface area contributed by atoms with Crippen LogP contribution < -0.4 is 14.4 Å². The minimum Gasteiger partial charge on any atom is -0.491 e. The Balaban J connectivity index is 0.000000277. The molecule has 0 aliphatic rings. The first-order valence-electron chi connectivity index (χ1n) is 18.2. The predicted octanol–water partition coefficient (Wildman–Crippen LogP) is 8.64. The van der Waals surface area contributed by atoms with Crippen LogP contribution in [-0.2, 0) is 5.75 Å². The predicted molar refractivity (Wildman–Crippen MR) is 229 cm³/mol. The molecule has 15 heteroatoms. The highest BCUT2D eigenvalue weighted by Crippen LogP contribution is 2.39. The number of nitrogens with zero attached hydrogens (tertiary/aromatic N) is 8. The summed E-state index contributed by atoms with van der Waals surface area (Å²) in [6.07, 6.45) is 3.75. The van der Waals surface area contributed by atoms with E-state index in [2.05, 4.69) is 24.0 Å². The molecule has 6 rings (SSSR count). The van der Waals surface area contributed by atoms with Gasteiger partial charge in [-0.1, -0.05) is 66.7 Å². The molecular weight excluding hydrogens is 804 g/mol. The van der Waals surface area contributed by atoms with E-state index in [0.29, 0.717) is 78.6 Å². The largest absolute Gasteiger partial charge is 0.491 e. The van der Waals surface area contributed by atoms with E-state index in [1.807, 2.05) is 65.9 Å². The first-order valence-corrected chi connectivity index (χ1v) is 20.4. The van der Waals surface area contributed by atoms with Crippen molar-refractivity contribution in [2.75, 3.05) is 44.9 Å². The van der Waals surface area contributed by atoms with Gasteiger partial charge in [0.2, 0.25) is 0 Å². The zero-order chi connectivity index (χ0) is 42.1. The van der Waals surface area contributed by atoms with Crippen LogP contribution >= 0.6 is 34.7 Å². The Morgan fingerprint density at radius 1 is 0.729 bits per heavy atom. The highest BCUT2D eigenvalue weighted by Gasteiger charge is 2.24. The molecule has 296 valence electrons. The lowest BCUT2D eigenvalue weighted by molar-refractivity contribution is 0.201. The quantitative estimate of drug-likeness (QED) is 0.0933. The second-order valence-corrected chi connectivity index (χ2v) is 14.7. The smallest absolute Gasteiger partial charge is 0.148 e. The van der Waals surface area contributed by atoms with Crippen LogP contribution in [0.1, 0.15) is 41.3 Å². The molecule has 3 aromatic heterocycles. The lowest BCUT2D eigenvalue weighted by atomic mass is 9.96. The van der Waals surface area contributed by atoms with Crippen LogP contribution in [0.4, 0.5) is 5.82 Å². The second-order valence-electron chi connectivity index (χ2n) is 12.5. The molecule has 59 heavy (non-hydrogen) atoms. The van der Waals surface area contributed by atoms with E-state index in [1.54, 1.807) is 47.7 Å². The number of pyridine rings is 2. The Hall–Kier alpha value is -6.49. The molecule has 12 nitrogen and oxygen atoms in total. The Morgan fingerprint density at radius 2 is 1.27 bits per heavy atom. The lowest BCUT2D eigenvalue weighted by Gasteiger charge is -2.22. The number of ether oxygens (including phenoxy) is 2. The van der Waals surface area contributed by atoms with E-state index in [4.69, 9.17) is 51.8 Å². The van der Waals surface area contributed by atoms with Gasteiger partial charge in [0.05, 0.1) is 35.6 Å². The molecule has 0 fully saturated rings. The number of aliphatic hydroxyl groups excluding tert-OH is 2. The van der Waals surface area contributed by atoms with E-state index in [-0.39, 0.29) is 26.4 Å². The molecule has 2 N–H and O–H groups in total. The van der Waals surface area contributed by atoms with Crippen molar-refractivity contribution >= 4 is 40.5 Å². The highest BCUT2D eigenvalue weighted by atomic mass is 35.5. The molecule has 0 atom stereocenters. The third-order valence-electron chi connectivity index (χ3n) is 8.48. The van der Waals surface area contributed by atoms with Gasteiger partial charge in [-0.05, 0) is 53.9 Å². The number of hydrogen-bond acceptors (Lipinski definition) is 14. The van der Waals surface area contributed by atoms with Gasteiger partial charge < -0.3 is 24.6 Å². The number of nitriles is 4. The molecule has 0 saturated carbocycles. The Kier molecular flexibility index (Phi) is 16.2. The summed E-state index contributed by atoms with van der Waals surface area (Å²) in [7, 11) is 1.90. The summed E-state index contributed by atoms with van der Waals surface area (Å²) in [5.41, 5.74) is 5.86. The van der Waals surface area contributed by atoms with Crippen molar-refractivity contribution < 1.29 is 19.7 Å². The zero-order valence-corrected chi connectivity index (χ0v) is 34.5. The van der Waals surface area contributed by atoms with E-state index >= 15 is 0 Å². The number of aliphatic hydroxyl groups is 2. The van der Waals surface area contributed by atoms with Crippen LogP contribution in [0.2, 0.25) is 5.02 Å². The van der Waals surface area contributed by atoms with Gasteiger partial charge in [0.15, 0.2) is 0 Å². The van der Waals surface area contributed by atoms with Gasteiger partial charge in [0.25, 0.3) is 0 Å². The molecule has 0 bridgehead atoms. The zero-order valence-electron chi connectivity index (χ0n) is 32.1. The molecule has 0 saturated heterocycles. The summed E-state index contributed by atoms with van der Waals surface area (Å²) in [5.74, 6) is 2.27. The number of thioether (sulfide) groups is 1. The van der Waals surface area contributed by atoms with Gasteiger partial charge in [-0.15, -0.1) is 11.3 Å². The number of hydrogen-bond donors (Lipinski definition) is 2. The SMILES string of the molecule is CCCN(C)c1nc(SCc2csc(-c3ccc(Cl)cc3)n2)c(C#N)c(-c2ccc(OCCO)cc2)c1C#N.N#Cc1cncc(C#N)c1-c1ccc(OCCO)cc1. The summed E-state index contributed by atoms with van der Waals surface area (Å²) >= 11 is 9.00. The maximum atomic E-state index is 10.3. The number of anilines is 1. The highest BCUT2D eigenvalue weighted by molar-refractivity contribution is 7.98. The molecule has 3 aromatic carbocycles. The van der Waals surface area contributed by atoms with Gasteiger partial charge in [0.1, 0.15) is 70.4 Å². The van der Waals surface area contributed by atoms with Gasteiger partial charge in [-0.2, -0.15) is 21.0 Å². The third kappa shape index (κ3) is 11.1. The molecule has 0 radical (unpaired) electrons. The second kappa shape index (κ2) is 21.9. The lowest BCUT2D eigenvalue weighted by Crippen LogP contribution is -2.21. The molecule has 0 aliphatic heterocycles. The number of aromatic nitrogens is 3. The molecule has 0 unspecified atom stereocenters. The monoisotopic (exact) mass is 840 g/mol. The van der Waals surface area contributed by atoms with Crippen molar-refractivity contribution in [2.24, 2.45) is 0 Å². The Bertz CT molecular complexity index is 2490. The molecule has 3 heterocycles. The maximum absolute atomic E-state index is 10.3. The summed E-state index contributed by atoms with van der Waals surface area (Å²) in [5, 5.41) is 60.5. The van der Waals surface area contributed by atoms with Crippen LogP contribution in [0, 0.1) is 45.3 Å². The van der Waals surface area contributed by atoms with Crippen molar-refractivity contribution in [2.45, 2.75) is 24.1 Å². The van der Waals surface area contributed by atoms with Crippen molar-refractivity contribution in [3.8, 4) is 68.6 Å². The molecule has 0 aliphatic carbocycles. The summed E-state index contributed by atoms with van der Waals surface area (Å²) in [6, 6.07) is 30.4. The first-order chi connectivity index (χ1) is 28.8. The van der Waals surface area contributed by atoms with Crippen molar-refractivity contribution in [1.82, 2.24) is 15.0 Å². The number of halogens is 1. The fourth-order valence-electron chi connectivity index (χ4n) is 5.82. The molecule has 0 spiro atoms. The van der Waals surface area contributed by atoms with Crippen LogP contribution in [0.15, 0.2) is 95.6 Å².